The van der Waals surface area contributed by atoms with Crippen LogP contribution in [0.5, 0.6) is 0 Å². The van der Waals surface area contributed by atoms with E-state index < -0.39 is 0 Å². The average molecular weight is 264 g/mol. The lowest BCUT2D eigenvalue weighted by molar-refractivity contribution is 0.0656. The Hall–Kier alpha value is -2.08. The van der Waals surface area contributed by atoms with Crippen molar-refractivity contribution in [3.63, 3.8) is 0 Å². The smallest absolute Gasteiger partial charge is 0.276 e. The molecule has 0 radical (unpaired) electrons. The van der Waals surface area contributed by atoms with Gasteiger partial charge in [0, 0.05) is 19.7 Å². The van der Waals surface area contributed by atoms with Gasteiger partial charge in [-0.15, -0.1) is 0 Å². The number of carbonyl (C=O) groups excluding carboxylic acids is 1. The Balaban J connectivity index is 2.09. The van der Waals surface area contributed by atoms with E-state index in [4.69, 9.17) is 13.7 Å². The van der Waals surface area contributed by atoms with E-state index in [0.717, 1.165) is 11.5 Å². The summed E-state index contributed by atoms with van der Waals surface area (Å²) in [7, 11) is 1.59. The van der Waals surface area contributed by atoms with Crippen LogP contribution in [0.3, 0.4) is 0 Å². The summed E-state index contributed by atoms with van der Waals surface area (Å²) in [5.41, 5.74) is 0.277. The van der Waals surface area contributed by atoms with E-state index in [9.17, 15) is 4.79 Å². The Labute approximate surface area is 110 Å². The summed E-state index contributed by atoms with van der Waals surface area (Å²) in [4.78, 5) is 13.8. The first-order chi connectivity index (χ1) is 9.20. The number of ether oxygens (including phenoxy) is 1. The van der Waals surface area contributed by atoms with Gasteiger partial charge in [-0.2, -0.15) is 0 Å². The maximum absolute atomic E-state index is 12.2. The van der Waals surface area contributed by atoms with E-state index in [2.05, 4.69) is 5.16 Å². The van der Waals surface area contributed by atoms with Crippen LogP contribution in [0.25, 0.3) is 0 Å². The lowest BCUT2D eigenvalue weighted by Crippen LogP contribution is -2.33. The van der Waals surface area contributed by atoms with Crippen molar-refractivity contribution in [2.45, 2.75) is 13.5 Å². The van der Waals surface area contributed by atoms with Crippen LogP contribution in [0.1, 0.15) is 22.0 Å². The predicted octanol–water partition coefficient (Wildman–Crippen LogP) is 1.86. The lowest BCUT2D eigenvalue weighted by Gasteiger charge is -2.19. The Morgan fingerprint density at radius 2 is 2.26 bits per heavy atom. The normalized spacial score (nSPS) is 10.6. The predicted molar refractivity (Wildman–Crippen MR) is 66.6 cm³/mol. The highest BCUT2D eigenvalue weighted by Gasteiger charge is 2.19. The first kappa shape index (κ1) is 13.4. The van der Waals surface area contributed by atoms with Crippen LogP contribution in [0.15, 0.2) is 33.4 Å². The molecule has 0 bridgehead atoms. The minimum Gasteiger partial charge on any atom is -0.464 e. The number of aryl methyl sites for hydroxylation is 1. The summed E-state index contributed by atoms with van der Waals surface area (Å²) < 4.78 is 15.2. The highest BCUT2D eigenvalue weighted by atomic mass is 16.5. The van der Waals surface area contributed by atoms with Crippen molar-refractivity contribution < 1.29 is 18.5 Å². The van der Waals surface area contributed by atoms with Gasteiger partial charge >= 0.3 is 0 Å². The van der Waals surface area contributed by atoms with Crippen LogP contribution < -0.4 is 0 Å². The van der Waals surface area contributed by atoms with E-state index in [1.54, 1.807) is 12.0 Å². The monoisotopic (exact) mass is 264 g/mol. The quantitative estimate of drug-likeness (QED) is 0.796. The van der Waals surface area contributed by atoms with Crippen molar-refractivity contribution >= 4 is 5.91 Å². The van der Waals surface area contributed by atoms with Gasteiger partial charge in [0.25, 0.3) is 5.91 Å². The molecule has 0 saturated carbocycles. The fourth-order valence-corrected chi connectivity index (χ4v) is 1.70. The minimum atomic E-state index is -0.208. The van der Waals surface area contributed by atoms with Crippen molar-refractivity contribution in [1.29, 1.82) is 0 Å². The molecule has 0 N–H and O–H groups in total. The molecule has 6 heteroatoms. The van der Waals surface area contributed by atoms with Gasteiger partial charge < -0.3 is 18.6 Å². The number of hydrogen-bond acceptors (Lipinski definition) is 5. The maximum Gasteiger partial charge on any atom is 0.276 e. The number of carbonyl (C=O) groups is 1. The number of furan rings is 1. The SMILES string of the molecule is COCCN(Cc1ccc(C)o1)C(=O)c1ccon1. The maximum atomic E-state index is 12.2. The van der Waals surface area contributed by atoms with Crippen LogP contribution >= 0.6 is 0 Å². The summed E-state index contributed by atoms with van der Waals surface area (Å²) in [5, 5.41) is 3.65. The molecule has 1 amide bonds. The largest absolute Gasteiger partial charge is 0.464 e. The van der Waals surface area contributed by atoms with E-state index in [1.807, 2.05) is 19.1 Å². The first-order valence-electron chi connectivity index (χ1n) is 5.94. The molecule has 2 aromatic rings. The highest BCUT2D eigenvalue weighted by molar-refractivity contribution is 5.92. The summed E-state index contributed by atoms with van der Waals surface area (Å²) in [6.45, 7) is 3.15. The van der Waals surface area contributed by atoms with Gasteiger partial charge in [0.05, 0.1) is 13.2 Å². The summed E-state index contributed by atoms with van der Waals surface area (Å²) in [6, 6.07) is 5.26. The highest BCUT2D eigenvalue weighted by Crippen LogP contribution is 2.12. The topological polar surface area (TPSA) is 68.7 Å². The molecule has 0 saturated heterocycles. The Morgan fingerprint density at radius 3 is 2.84 bits per heavy atom. The fourth-order valence-electron chi connectivity index (χ4n) is 1.70. The fraction of sp³-hybridized carbons (Fsp3) is 0.385. The second kappa shape index (κ2) is 6.19. The summed E-state index contributed by atoms with van der Waals surface area (Å²) in [5.74, 6) is 1.33. The Bertz CT molecular complexity index is 518. The van der Waals surface area contributed by atoms with Gasteiger partial charge in [0.1, 0.15) is 17.8 Å². The molecular formula is C13H16N2O4. The molecule has 0 aromatic carbocycles. The number of rotatable bonds is 6. The molecule has 0 atom stereocenters. The van der Waals surface area contributed by atoms with Gasteiger partial charge in [0.2, 0.25) is 0 Å². The molecule has 0 aliphatic carbocycles. The molecule has 102 valence electrons. The zero-order valence-corrected chi connectivity index (χ0v) is 11.0. The van der Waals surface area contributed by atoms with E-state index in [1.165, 1.54) is 12.3 Å². The van der Waals surface area contributed by atoms with Crippen LogP contribution in [0, 0.1) is 6.92 Å². The zero-order valence-electron chi connectivity index (χ0n) is 11.0. The van der Waals surface area contributed by atoms with Crippen LogP contribution in [0.2, 0.25) is 0 Å². The van der Waals surface area contributed by atoms with Crippen molar-refractivity contribution in [2.24, 2.45) is 0 Å². The molecular weight excluding hydrogens is 248 g/mol. The zero-order chi connectivity index (χ0) is 13.7. The molecule has 19 heavy (non-hydrogen) atoms. The van der Waals surface area contributed by atoms with Crippen molar-refractivity contribution in [3.8, 4) is 0 Å². The van der Waals surface area contributed by atoms with E-state index >= 15 is 0 Å². The van der Waals surface area contributed by atoms with Gasteiger partial charge in [-0.1, -0.05) is 5.16 Å². The Morgan fingerprint density at radius 1 is 1.42 bits per heavy atom. The van der Waals surface area contributed by atoms with Gasteiger partial charge in [-0.25, -0.2) is 0 Å². The number of hydrogen-bond donors (Lipinski definition) is 0. The molecule has 6 nitrogen and oxygen atoms in total. The van der Waals surface area contributed by atoms with E-state index in [0.29, 0.717) is 19.7 Å². The molecule has 0 unspecified atom stereocenters. The first-order valence-corrected chi connectivity index (χ1v) is 5.94. The van der Waals surface area contributed by atoms with Gasteiger partial charge in [0.15, 0.2) is 5.69 Å². The summed E-state index contributed by atoms with van der Waals surface area (Å²) in [6.07, 6.45) is 1.37. The number of nitrogens with zero attached hydrogens (tertiary/aromatic N) is 2. The third kappa shape index (κ3) is 3.45. The average Bonchev–Trinajstić information content (AvgIpc) is 3.05. The molecule has 0 fully saturated rings. The number of amides is 1. The third-order valence-electron chi connectivity index (χ3n) is 2.65. The molecule has 2 aromatic heterocycles. The molecule has 0 spiro atoms. The van der Waals surface area contributed by atoms with Crippen molar-refractivity contribution in [1.82, 2.24) is 10.1 Å². The molecule has 2 rings (SSSR count). The molecule has 0 aliphatic heterocycles. The lowest BCUT2D eigenvalue weighted by atomic mass is 10.3. The number of aromatic nitrogens is 1. The van der Waals surface area contributed by atoms with Crippen molar-refractivity contribution in [3.05, 3.63) is 41.7 Å². The molecule has 2 heterocycles. The second-order valence-corrected chi connectivity index (χ2v) is 4.12. The summed E-state index contributed by atoms with van der Waals surface area (Å²) >= 11 is 0. The van der Waals surface area contributed by atoms with Crippen LogP contribution in [0.4, 0.5) is 0 Å². The van der Waals surface area contributed by atoms with E-state index in [-0.39, 0.29) is 11.6 Å². The Kier molecular flexibility index (Phi) is 4.35. The van der Waals surface area contributed by atoms with Gasteiger partial charge in [-0.05, 0) is 19.1 Å². The van der Waals surface area contributed by atoms with Crippen LogP contribution in [-0.2, 0) is 11.3 Å². The number of methoxy groups -OCH3 is 1. The third-order valence-corrected chi connectivity index (χ3v) is 2.65. The van der Waals surface area contributed by atoms with Crippen LogP contribution in [-0.4, -0.2) is 36.2 Å². The van der Waals surface area contributed by atoms with Gasteiger partial charge in [-0.3, -0.25) is 4.79 Å². The second-order valence-electron chi connectivity index (χ2n) is 4.12. The standard InChI is InChI=1S/C13H16N2O4/c1-10-3-4-11(19-10)9-15(6-8-17-2)13(16)12-5-7-18-14-12/h3-5,7H,6,8-9H2,1-2H3. The minimum absolute atomic E-state index is 0.208. The molecule has 0 aliphatic rings. The van der Waals surface area contributed by atoms with Crippen molar-refractivity contribution in [2.75, 3.05) is 20.3 Å².